The predicted molar refractivity (Wildman–Crippen MR) is 318 cm³/mol. The molecule has 362 valence electrons. The highest BCUT2D eigenvalue weighted by Gasteiger charge is 2.53. The molecule has 15 rings (SSSR count). The van der Waals surface area contributed by atoms with Crippen LogP contribution in [0, 0.1) is 27.7 Å². The number of para-hydroxylation sites is 2. The minimum Gasteiger partial charge on any atom is -0.455 e. The van der Waals surface area contributed by atoms with E-state index < -0.39 is 5.41 Å². The first-order chi connectivity index (χ1) is 37.1. The molecule has 0 N–H and O–H groups in total. The molecule has 76 heavy (non-hydrogen) atoms. The number of nitrogens with zero attached hydrogens (tertiary/aromatic N) is 1. The summed E-state index contributed by atoms with van der Waals surface area (Å²) in [6.07, 6.45) is 0. The van der Waals surface area contributed by atoms with Gasteiger partial charge in [0.25, 0.3) is 0 Å². The zero-order valence-electron chi connectivity index (χ0n) is 43.7. The van der Waals surface area contributed by atoms with Crippen molar-refractivity contribution in [2.75, 3.05) is 4.90 Å². The average Bonchev–Trinajstić information content (AvgIpc) is 4.24. The van der Waals surface area contributed by atoms with Crippen molar-refractivity contribution >= 4 is 39.0 Å². The van der Waals surface area contributed by atoms with E-state index in [2.05, 4.69) is 265 Å². The van der Waals surface area contributed by atoms with Gasteiger partial charge in [-0.25, -0.2) is 0 Å². The van der Waals surface area contributed by atoms with Gasteiger partial charge >= 0.3 is 0 Å². The van der Waals surface area contributed by atoms with E-state index in [-0.39, 0.29) is 5.41 Å². The zero-order chi connectivity index (χ0) is 51.2. The second kappa shape index (κ2) is 16.3. The molecular formula is C74H55NO. The Morgan fingerprint density at radius 1 is 0.342 bits per heavy atom. The van der Waals surface area contributed by atoms with Crippen LogP contribution in [0.3, 0.4) is 0 Å². The smallest absolute Gasteiger partial charge is 0.143 e. The van der Waals surface area contributed by atoms with Gasteiger partial charge in [0.2, 0.25) is 0 Å². The van der Waals surface area contributed by atoms with Gasteiger partial charge in [0.1, 0.15) is 11.2 Å². The second-order valence-corrected chi connectivity index (χ2v) is 22.1. The average molecular weight is 974 g/mol. The number of hydrogen-bond donors (Lipinski definition) is 0. The van der Waals surface area contributed by atoms with Gasteiger partial charge in [0.15, 0.2) is 0 Å². The van der Waals surface area contributed by atoms with E-state index in [1.807, 2.05) is 6.07 Å². The third-order valence-electron chi connectivity index (χ3n) is 17.8. The Kier molecular flexibility index (Phi) is 9.52. The van der Waals surface area contributed by atoms with Crippen LogP contribution < -0.4 is 4.90 Å². The summed E-state index contributed by atoms with van der Waals surface area (Å²) in [5.74, 6) is 0. The van der Waals surface area contributed by atoms with Crippen molar-refractivity contribution < 1.29 is 4.42 Å². The molecular weight excluding hydrogens is 919 g/mol. The van der Waals surface area contributed by atoms with Gasteiger partial charge in [-0.2, -0.15) is 0 Å². The lowest BCUT2D eigenvalue weighted by molar-refractivity contribution is 0.660. The molecule has 12 aromatic rings. The van der Waals surface area contributed by atoms with Gasteiger partial charge in [0, 0.05) is 38.8 Å². The quantitative estimate of drug-likeness (QED) is 0.165. The van der Waals surface area contributed by atoms with E-state index in [9.17, 15) is 0 Å². The third kappa shape index (κ3) is 6.10. The molecule has 1 aromatic heterocycles. The van der Waals surface area contributed by atoms with Crippen molar-refractivity contribution in [3.05, 3.63) is 280 Å². The topological polar surface area (TPSA) is 16.4 Å². The number of benzene rings is 11. The first-order valence-corrected chi connectivity index (χ1v) is 26.8. The maximum atomic E-state index is 6.53. The highest BCUT2D eigenvalue weighted by atomic mass is 16.3. The van der Waals surface area contributed by atoms with E-state index in [4.69, 9.17) is 4.42 Å². The fourth-order valence-corrected chi connectivity index (χ4v) is 13.9. The molecule has 0 aliphatic heterocycles. The Morgan fingerprint density at radius 2 is 0.816 bits per heavy atom. The SMILES string of the molecule is Cc1cc2c(cc1C)C1(c3ccccc3-c3ccccc31)c1c(C)c(C)cc(-c3ccc(N(c4ccc(-c5cccc6c5-c5ccccc5C6(C)C)cc4)c4ccc(-c5cccc6c5oc5ccccc56)cc4)cc3)c1-2. The number of furan rings is 1. The van der Waals surface area contributed by atoms with Crippen molar-refractivity contribution in [3.8, 4) is 66.8 Å². The Bertz CT molecular complexity index is 4350. The largest absolute Gasteiger partial charge is 0.455 e. The molecule has 0 saturated heterocycles. The molecule has 1 spiro atoms. The summed E-state index contributed by atoms with van der Waals surface area (Å²) < 4.78 is 6.53. The van der Waals surface area contributed by atoms with Crippen LogP contribution in [-0.4, -0.2) is 0 Å². The van der Waals surface area contributed by atoms with E-state index in [1.54, 1.807) is 0 Å². The van der Waals surface area contributed by atoms with Crippen LogP contribution in [0.4, 0.5) is 17.1 Å². The number of fused-ring (bicyclic) bond motifs is 16. The van der Waals surface area contributed by atoms with Crippen LogP contribution in [0.25, 0.3) is 88.7 Å². The maximum absolute atomic E-state index is 6.53. The monoisotopic (exact) mass is 973 g/mol. The minimum atomic E-state index is -0.425. The summed E-state index contributed by atoms with van der Waals surface area (Å²) >= 11 is 0. The normalized spacial score (nSPS) is 13.9. The van der Waals surface area contributed by atoms with Crippen LogP contribution >= 0.6 is 0 Å². The minimum absolute atomic E-state index is 0.0690. The summed E-state index contributed by atoms with van der Waals surface area (Å²) in [6, 6.07) is 83.9. The number of anilines is 3. The third-order valence-corrected chi connectivity index (χ3v) is 17.8. The summed E-state index contributed by atoms with van der Waals surface area (Å²) in [7, 11) is 0. The summed E-state index contributed by atoms with van der Waals surface area (Å²) in [5, 5.41) is 2.27. The molecule has 11 aromatic carbocycles. The van der Waals surface area contributed by atoms with E-state index >= 15 is 0 Å². The highest BCUT2D eigenvalue weighted by molar-refractivity contribution is 6.10. The first-order valence-electron chi connectivity index (χ1n) is 26.8. The van der Waals surface area contributed by atoms with Gasteiger partial charge in [-0.15, -0.1) is 0 Å². The molecule has 0 bridgehead atoms. The Labute approximate surface area is 445 Å². The number of aryl methyl sites for hydroxylation is 3. The fourth-order valence-electron chi connectivity index (χ4n) is 13.9. The van der Waals surface area contributed by atoms with Gasteiger partial charge < -0.3 is 9.32 Å². The molecule has 0 amide bonds. The second-order valence-electron chi connectivity index (χ2n) is 22.1. The Hall–Kier alpha value is -8.98. The molecule has 0 radical (unpaired) electrons. The highest BCUT2D eigenvalue weighted by Crippen LogP contribution is 2.65. The fraction of sp³-hybridized carbons (Fsp3) is 0.108. The van der Waals surface area contributed by atoms with Gasteiger partial charge in [0.05, 0.1) is 5.41 Å². The van der Waals surface area contributed by atoms with E-state index in [1.165, 1.54) is 111 Å². The maximum Gasteiger partial charge on any atom is 0.143 e. The number of hydrogen-bond acceptors (Lipinski definition) is 2. The standard InChI is InChI=1S/C74H55NO/c1-44-41-62-67(43-45(44)2)74(64-25-12-7-17-56(64)57-18-8-13-26-65(57)74)71-47(4)46(3)42-61(70(62)71)50-33-39-53(40-34-50)75(52-37-31-49(32-38-52)55-22-15-23-59-58-19-10-14-28-68(58)76-72(55)59)51-35-29-48(30-36-51)54-21-16-27-66-69(54)60-20-9-11-24-63(60)73(66,5)6/h7-43H,1-6H3. The van der Waals surface area contributed by atoms with Crippen molar-refractivity contribution in [1.82, 2.24) is 0 Å². The van der Waals surface area contributed by atoms with Gasteiger partial charge in [-0.1, -0.05) is 196 Å². The van der Waals surface area contributed by atoms with Crippen LogP contribution in [0.5, 0.6) is 0 Å². The lowest BCUT2D eigenvalue weighted by Gasteiger charge is -2.32. The van der Waals surface area contributed by atoms with E-state index in [0.29, 0.717) is 0 Å². The number of rotatable bonds is 6. The molecule has 2 nitrogen and oxygen atoms in total. The molecule has 3 aliphatic carbocycles. The molecule has 0 saturated carbocycles. The van der Waals surface area contributed by atoms with Crippen molar-refractivity contribution in [3.63, 3.8) is 0 Å². The first kappa shape index (κ1) is 44.5. The van der Waals surface area contributed by atoms with Crippen LogP contribution in [0.2, 0.25) is 0 Å². The summed E-state index contributed by atoms with van der Waals surface area (Å²) in [5.41, 5.74) is 33.4. The molecule has 2 heteroatoms. The zero-order valence-corrected chi connectivity index (χ0v) is 43.7. The van der Waals surface area contributed by atoms with Crippen LogP contribution in [-0.2, 0) is 10.8 Å². The van der Waals surface area contributed by atoms with Crippen molar-refractivity contribution in [2.24, 2.45) is 0 Å². The lowest BCUT2D eigenvalue weighted by Crippen LogP contribution is -2.27. The molecule has 1 heterocycles. The Morgan fingerprint density at radius 3 is 1.47 bits per heavy atom. The summed E-state index contributed by atoms with van der Waals surface area (Å²) in [6.45, 7) is 13.9. The molecule has 3 aliphatic rings. The van der Waals surface area contributed by atoms with Crippen LogP contribution in [0.1, 0.15) is 69.5 Å². The van der Waals surface area contributed by atoms with Crippen molar-refractivity contribution in [1.29, 1.82) is 0 Å². The van der Waals surface area contributed by atoms with Crippen molar-refractivity contribution in [2.45, 2.75) is 52.4 Å². The predicted octanol–water partition coefficient (Wildman–Crippen LogP) is 19.9. The molecule has 0 fully saturated rings. The lowest BCUT2D eigenvalue weighted by atomic mass is 9.68. The summed E-state index contributed by atoms with van der Waals surface area (Å²) in [4.78, 5) is 2.40. The molecule has 0 unspecified atom stereocenters. The van der Waals surface area contributed by atoms with Gasteiger partial charge in [-0.05, 0) is 187 Å². The Balaban J connectivity index is 0.880. The van der Waals surface area contributed by atoms with Crippen LogP contribution in [0.15, 0.2) is 229 Å². The van der Waals surface area contributed by atoms with Gasteiger partial charge in [-0.3, -0.25) is 0 Å². The van der Waals surface area contributed by atoms with E-state index in [0.717, 1.165) is 50.1 Å². The molecule has 0 atom stereocenters.